The summed E-state index contributed by atoms with van der Waals surface area (Å²) >= 11 is 7.25. The van der Waals surface area contributed by atoms with Crippen molar-refractivity contribution in [2.45, 2.75) is 17.6 Å². The SMILES string of the molecule is Cc1nc(CS(=O)(=O)c2ccc(N)c(Cl)c2)cs1. The van der Waals surface area contributed by atoms with E-state index in [0.29, 0.717) is 11.4 Å². The van der Waals surface area contributed by atoms with Crippen molar-refractivity contribution in [2.75, 3.05) is 5.73 Å². The number of thiazole rings is 1. The highest BCUT2D eigenvalue weighted by molar-refractivity contribution is 7.90. The first-order valence-corrected chi connectivity index (χ1v) is 7.98. The molecule has 0 bridgehead atoms. The number of aromatic nitrogens is 1. The van der Waals surface area contributed by atoms with E-state index in [1.807, 2.05) is 6.92 Å². The highest BCUT2D eigenvalue weighted by atomic mass is 35.5. The lowest BCUT2D eigenvalue weighted by Gasteiger charge is -2.04. The molecule has 0 saturated heterocycles. The summed E-state index contributed by atoms with van der Waals surface area (Å²) < 4.78 is 24.3. The first kappa shape index (κ1) is 13.3. The standard InChI is InChI=1S/C11H11ClN2O2S2/c1-7-14-8(5-17-7)6-18(15,16)9-2-3-11(13)10(12)4-9/h2-5H,6,13H2,1H3. The van der Waals surface area contributed by atoms with E-state index in [1.165, 1.54) is 29.5 Å². The van der Waals surface area contributed by atoms with E-state index in [2.05, 4.69) is 4.98 Å². The fraction of sp³-hybridized carbons (Fsp3) is 0.182. The van der Waals surface area contributed by atoms with E-state index < -0.39 is 9.84 Å². The highest BCUT2D eigenvalue weighted by Crippen LogP contribution is 2.25. The van der Waals surface area contributed by atoms with Gasteiger partial charge < -0.3 is 5.73 Å². The Morgan fingerprint density at radius 2 is 2.17 bits per heavy atom. The summed E-state index contributed by atoms with van der Waals surface area (Å²) in [5.74, 6) is -0.127. The minimum absolute atomic E-state index is 0.127. The van der Waals surface area contributed by atoms with Crippen LogP contribution in [0.25, 0.3) is 0 Å². The van der Waals surface area contributed by atoms with Crippen LogP contribution in [0.2, 0.25) is 5.02 Å². The smallest absolute Gasteiger partial charge is 0.184 e. The number of benzene rings is 1. The van der Waals surface area contributed by atoms with E-state index in [-0.39, 0.29) is 15.7 Å². The van der Waals surface area contributed by atoms with E-state index in [4.69, 9.17) is 17.3 Å². The quantitative estimate of drug-likeness (QED) is 0.885. The van der Waals surface area contributed by atoms with Crippen LogP contribution in [-0.4, -0.2) is 13.4 Å². The normalized spacial score (nSPS) is 11.7. The minimum atomic E-state index is -3.44. The van der Waals surface area contributed by atoms with Crippen molar-refractivity contribution < 1.29 is 8.42 Å². The lowest BCUT2D eigenvalue weighted by molar-refractivity contribution is 0.595. The Kier molecular flexibility index (Phi) is 3.61. The molecule has 0 amide bonds. The van der Waals surface area contributed by atoms with Crippen LogP contribution in [0.1, 0.15) is 10.7 Å². The van der Waals surface area contributed by atoms with Crippen molar-refractivity contribution in [1.82, 2.24) is 4.98 Å². The molecule has 0 aliphatic heterocycles. The monoisotopic (exact) mass is 302 g/mol. The van der Waals surface area contributed by atoms with Gasteiger partial charge >= 0.3 is 0 Å². The first-order chi connectivity index (χ1) is 8.38. The van der Waals surface area contributed by atoms with Gasteiger partial charge in [-0.05, 0) is 25.1 Å². The van der Waals surface area contributed by atoms with Gasteiger partial charge in [0.25, 0.3) is 0 Å². The van der Waals surface area contributed by atoms with Gasteiger partial charge in [-0.15, -0.1) is 11.3 Å². The van der Waals surface area contributed by atoms with Gasteiger partial charge in [0, 0.05) is 5.38 Å². The van der Waals surface area contributed by atoms with Gasteiger partial charge in [0.15, 0.2) is 9.84 Å². The maximum Gasteiger partial charge on any atom is 0.184 e. The summed E-state index contributed by atoms with van der Waals surface area (Å²) in [6.45, 7) is 1.83. The van der Waals surface area contributed by atoms with Gasteiger partial charge in [-0.1, -0.05) is 11.6 Å². The van der Waals surface area contributed by atoms with Crippen molar-refractivity contribution in [3.05, 3.63) is 39.3 Å². The van der Waals surface area contributed by atoms with Crippen LogP contribution in [0, 0.1) is 6.92 Å². The summed E-state index contributed by atoms with van der Waals surface area (Å²) in [7, 11) is -3.44. The van der Waals surface area contributed by atoms with Crippen LogP contribution in [0.5, 0.6) is 0 Å². The second-order valence-corrected chi connectivity index (χ2v) is 7.26. The van der Waals surface area contributed by atoms with E-state index in [9.17, 15) is 8.42 Å². The average Bonchev–Trinajstić information content (AvgIpc) is 2.67. The highest BCUT2D eigenvalue weighted by Gasteiger charge is 2.17. The zero-order chi connectivity index (χ0) is 13.3. The second kappa shape index (κ2) is 4.87. The third-order valence-electron chi connectivity index (χ3n) is 2.34. The molecule has 2 N–H and O–H groups in total. The zero-order valence-corrected chi connectivity index (χ0v) is 11.9. The van der Waals surface area contributed by atoms with Gasteiger partial charge in [-0.3, -0.25) is 0 Å². The predicted molar refractivity (Wildman–Crippen MR) is 73.6 cm³/mol. The number of hydrogen-bond donors (Lipinski definition) is 1. The predicted octanol–water partition coefficient (Wildman–Crippen LogP) is 2.66. The fourth-order valence-corrected chi connectivity index (χ4v) is 3.69. The van der Waals surface area contributed by atoms with Gasteiger partial charge in [0.1, 0.15) is 0 Å². The van der Waals surface area contributed by atoms with Crippen molar-refractivity contribution in [1.29, 1.82) is 0 Å². The van der Waals surface area contributed by atoms with Gasteiger partial charge in [0.05, 0.1) is 32.1 Å². The molecule has 2 aromatic rings. The third-order valence-corrected chi connectivity index (χ3v) is 5.13. The van der Waals surface area contributed by atoms with E-state index >= 15 is 0 Å². The number of hydrogen-bond acceptors (Lipinski definition) is 5. The number of nitrogens with two attached hydrogens (primary N) is 1. The molecule has 0 saturated carbocycles. The molecular formula is C11H11ClN2O2S2. The Hall–Kier alpha value is -1.11. The lowest BCUT2D eigenvalue weighted by Crippen LogP contribution is -2.05. The molecule has 0 radical (unpaired) electrons. The lowest BCUT2D eigenvalue weighted by atomic mass is 10.3. The Bertz CT molecular complexity index is 680. The molecular weight excluding hydrogens is 292 g/mol. The summed E-state index contributed by atoms with van der Waals surface area (Å²) in [5.41, 5.74) is 6.46. The number of halogens is 1. The second-order valence-electron chi connectivity index (χ2n) is 3.80. The molecule has 7 heteroatoms. The summed E-state index contributed by atoms with van der Waals surface area (Å²) in [6.07, 6.45) is 0. The molecule has 18 heavy (non-hydrogen) atoms. The Balaban J connectivity index is 2.33. The summed E-state index contributed by atoms with van der Waals surface area (Å²) in [6, 6.07) is 4.31. The van der Waals surface area contributed by atoms with Crippen LogP contribution in [0.15, 0.2) is 28.5 Å². The number of sulfone groups is 1. The topological polar surface area (TPSA) is 73.0 Å². The van der Waals surface area contributed by atoms with Crippen LogP contribution in [0.4, 0.5) is 5.69 Å². The van der Waals surface area contributed by atoms with Crippen molar-refractivity contribution in [3.8, 4) is 0 Å². The first-order valence-electron chi connectivity index (χ1n) is 5.07. The number of nitrogen functional groups attached to an aromatic ring is 1. The van der Waals surface area contributed by atoms with Crippen LogP contribution in [0.3, 0.4) is 0 Å². The van der Waals surface area contributed by atoms with E-state index in [1.54, 1.807) is 5.38 Å². The molecule has 1 heterocycles. The molecule has 0 unspecified atom stereocenters. The number of aryl methyl sites for hydroxylation is 1. The van der Waals surface area contributed by atoms with Crippen LogP contribution >= 0.6 is 22.9 Å². The van der Waals surface area contributed by atoms with Crippen molar-refractivity contribution in [3.63, 3.8) is 0 Å². The average molecular weight is 303 g/mol. The third kappa shape index (κ3) is 2.82. The van der Waals surface area contributed by atoms with Crippen molar-refractivity contribution >= 4 is 38.5 Å². The molecule has 0 atom stereocenters. The Labute approximate surface area is 114 Å². The molecule has 0 fully saturated rings. The molecule has 0 aliphatic rings. The molecule has 96 valence electrons. The summed E-state index contributed by atoms with van der Waals surface area (Å²) in [5, 5.41) is 2.83. The van der Waals surface area contributed by atoms with Crippen LogP contribution in [-0.2, 0) is 15.6 Å². The molecule has 1 aromatic carbocycles. The number of anilines is 1. The van der Waals surface area contributed by atoms with Crippen LogP contribution < -0.4 is 5.73 Å². The Morgan fingerprint density at radius 3 is 2.72 bits per heavy atom. The van der Waals surface area contributed by atoms with Gasteiger partial charge in [-0.25, -0.2) is 13.4 Å². The number of nitrogens with zero attached hydrogens (tertiary/aromatic N) is 1. The zero-order valence-electron chi connectivity index (χ0n) is 9.55. The molecule has 2 rings (SSSR count). The molecule has 0 aliphatic carbocycles. The molecule has 4 nitrogen and oxygen atoms in total. The Morgan fingerprint density at radius 1 is 1.44 bits per heavy atom. The van der Waals surface area contributed by atoms with Crippen molar-refractivity contribution in [2.24, 2.45) is 0 Å². The molecule has 0 spiro atoms. The maximum absolute atomic E-state index is 12.1. The van der Waals surface area contributed by atoms with E-state index in [0.717, 1.165) is 5.01 Å². The fourth-order valence-electron chi connectivity index (χ4n) is 1.45. The minimum Gasteiger partial charge on any atom is -0.398 e. The summed E-state index contributed by atoms with van der Waals surface area (Å²) in [4.78, 5) is 4.30. The maximum atomic E-state index is 12.1. The number of rotatable bonds is 3. The largest absolute Gasteiger partial charge is 0.398 e. The molecule has 1 aromatic heterocycles. The van der Waals surface area contributed by atoms with Gasteiger partial charge in [0.2, 0.25) is 0 Å². The van der Waals surface area contributed by atoms with Gasteiger partial charge in [-0.2, -0.15) is 0 Å².